The molecular formula is C17H27N3O3. The summed E-state index contributed by atoms with van der Waals surface area (Å²) in [5, 5.41) is 4.04. The number of carbonyl (C=O) groups excluding carboxylic acids is 1. The van der Waals surface area contributed by atoms with Gasteiger partial charge in [0.2, 0.25) is 5.91 Å². The fraction of sp³-hybridized carbons (Fsp3) is 0.765. The van der Waals surface area contributed by atoms with Crippen LogP contribution in [0.15, 0.2) is 4.52 Å². The fourth-order valence-electron chi connectivity index (χ4n) is 3.82. The Balaban J connectivity index is 1.57. The number of ether oxygens (including phenoxy) is 1. The molecule has 1 aromatic heterocycles. The molecule has 0 aromatic carbocycles. The van der Waals surface area contributed by atoms with Crippen molar-refractivity contribution >= 4 is 5.91 Å². The Kier molecular flexibility index (Phi) is 4.73. The lowest BCUT2D eigenvalue weighted by atomic mass is 9.83. The van der Waals surface area contributed by atoms with Crippen molar-refractivity contribution < 1.29 is 14.1 Å². The Hall–Kier alpha value is -1.40. The summed E-state index contributed by atoms with van der Waals surface area (Å²) in [4.78, 5) is 16.1. The maximum atomic E-state index is 11.9. The number of aryl methyl sites for hydroxylation is 2. The Labute approximate surface area is 137 Å². The molecule has 1 aromatic rings. The molecule has 128 valence electrons. The van der Waals surface area contributed by atoms with Crippen molar-refractivity contribution in [3.8, 4) is 0 Å². The van der Waals surface area contributed by atoms with Gasteiger partial charge in [0.05, 0.1) is 24.8 Å². The van der Waals surface area contributed by atoms with Crippen molar-refractivity contribution in [2.45, 2.75) is 39.3 Å². The van der Waals surface area contributed by atoms with Gasteiger partial charge in [-0.3, -0.25) is 9.69 Å². The number of hydrogen-bond donors (Lipinski definition) is 0. The molecule has 3 rings (SSSR count). The first-order valence-electron chi connectivity index (χ1n) is 8.41. The van der Waals surface area contributed by atoms with Crippen molar-refractivity contribution in [1.82, 2.24) is 15.0 Å². The molecule has 2 saturated heterocycles. The summed E-state index contributed by atoms with van der Waals surface area (Å²) in [5.74, 6) is 2.12. The number of hydrogen-bond acceptors (Lipinski definition) is 5. The average molecular weight is 321 g/mol. The molecule has 0 N–H and O–H groups in total. The normalized spacial score (nSPS) is 27.9. The van der Waals surface area contributed by atoms with Gasteiger partial charge in [-0.25, -0.2) is 0 Å². The molecule has 6 nitrogen and oxygen atoms in total. The van der Waals surface area contributed by atoms with Gasteiger partial charge in [0.25, 0.3) is 0 Å². The van der Waals surface area contributed by atoms with Crippen LogP contribution in [0, 0.1) is 25.7 Å². The molecule has 2 aliphatic heterocycles. The first-order valence-corrected chi connectivity index (χ1v) is 8.41. The van der Waals surface area contributed by atoms with Crippen LogP contribution in [0.1, 0.15) is 29.9 Å². The van der Waals surface area contributed by atoms with Crippen molar-refractivity contribution in [3.63, 3.8) is 0 Å². The van der Waals surface area contributed by atoms with Gasteiger partial charge in [-0.1, -0.05) is 5.16 Å². The predicted molar refractivity (Wildman–Crippen MR) is 85.9 cm³/mol. The summed E-state index contributed by atoms with van der Waals surface area (Å²) < 4.78 is 11.2. The standard InChI is InChI=1S/C17H27N3O3/c1-11-15(12(2)23-18-11)9-20-6-5-14-13(8-20)10-22-16(14)7-17(21)19(3)4/h13-14,16H,5-10H2,1-4H3/t13-,14-,16+/m1/s1. The zero-order valence-corrected chi connectivity index (χ0v) is 14.5. The third-order valence-electron chi connectivity index (χ3n) is 5.32. The fourth-order valence-corrected chi connectivity index (χ4v) is 3.82. The minimum absolute atomic E-state index is 0.0936. The van der Waals surface area contributed by atoms with Crippen LogP contribution >= 0.6 is 0 Å². The van der Waals surface area contributed by atoms with Crippen LogP contribution in [-0.4, -0.2) is 60.8 Å². The lowest BCUT2D eigenvalue weighted by Gasteiger charge is -2.35. The average Bonchev–Trinajstić information content (AvgIpc) is 3.05. The van der Waals surface area contributed by atoms with Crippen LogP contribution in [0.3, 0.4) is 0 Å². The lowest BCUT2D eigenvalue weighted by Crippen LogP contribution is -2.42. The first kappa shape index (κ1) is 16.5. The Morgan fingerprint density at radius 2 is 2.17 bits per heavy atom. The Morgan fingerprint density at radius 1 is 1.39 bits per heavy atom. The quantitative estimate of drug-likeness (QED) is 0.843. The van der Waals surface area contributed by atoms with Crippen LogP contribution in [-0.2, 0) is 16.1 Å². The number of carbonyl (C=O) groups is 1. The highest BCUT2D eigenvalue weighted by atomic mass is 16.5. The van der Waals surface area contributed by atoms with E-state index in [-0.39, 0.29) is 12.0 Å². The predicted octanol–water partition coefficient (Wildman–Crippen LogP) is 1.61. The zero-order chi connectivity index (χ0) is 16.6. The van der Waals surface area contributed by atoms with Gasteiger partial charge in [0.1, 0.15) is 5.76 Å². The molecule has 2 fully saturated rings. The minimum Gasteiger partial charge on any atom is -0.377 e. The molecule has 0 spiro atoms. The summed E-state index contributed by atoms with van der Waals surface area (Å²) in [6.07, 6.45) is 1.70. The van der Waals surface area contributed by atoms with Crippen LogP contribution in [0.2, 0.25) is 0 Å². The summed E-state index contributed by atoms with van der Waals surface area (Å²) >= 11 is 0. The van der Waals surface area contributed by atoms with Crippen LogP contribution in [0.4, 0.5) is 0 Å². The van der Waals surface area contributed by atoms with Gasteiger partial charge in [-0.2, -0.15) is 0 Å². The van der Waals surface area contributed by atoms with Gasteiger partial charge in [-0.15, -0.1) is 0 Å². The third kappa shape index (κ3) is 3.43. The van der Waals surface area contributed by atoms with E-state index in [2.05, 4.69) is 10.1 Å². The smallest absolute Gasteiger partial charge is 0.224 e. The molecule has 0 aliphatic carbocycles. The van der Waals surface area contributed by atoms with E-state index in [1.165, 1.54) is 5.56 Å². The van der Waals surface area contributed by atoms with E-state index in [9.17, 15) is 4.79 Å². The van der Waals surface area contributed by atoms with Gasteiger partial charge in [0.15, 0.2) is 0 Å². The molecule has 0 radical (unpaired) electrons. The number of likely N-dealkylation sites (tertiary alicyclic amines) is 1. The molecule has 6 heteroatoms. The highest BCUT2D eigenvalue weighted by molar-refractivity contribution is 5.76. The van der Waals surface area contributed by atoms with Gasteiger partial charge < -0.3 is 14.2 Å². The number of rotatable bonds is 4. The van der Waals surface area contributed by atoms with Crippen molar-refractivity contribution in [3.05, 3.63) is 17.0 Å². The van der Waals surface area contributed by atoms with Crippen LogP contribution in [0.25, 0.3) is 0 Å². The topological polar surface area (TPSA) is 58.8 Å². The molecule has 3 heterocycles. The number of amides is 1. The molecule has 0 saturated carbocycles. The van der Waals surface area contributed by atoms with E-state index in [4.69, 9.17) is 9.26 Å². The summed E-state index contributed by atoms with van der Waals surface area (Å²) in [5.41, 5.74) is 2.20. The van der Waals surface area contributed by atoms with Crippen molar-refractivity contribution in [2.75, 3.05) is 33.8 Å². The first-order chi connectivity index (χ1) is 11.0. The number of piperidine rings is 1. The summed E-state index contributed by atoms with van der Waals surface area (Å²) in [6.45, 7) is 7.71. The maximum Gasteiger partial charge on any atom is 0.224 e. The second-order valence-corrected chi connectivity index (χ2v) is 7.11. The van der Waals surface area contributed by atoms with E-state index in [1.54, 1.807) is 19.0 Å². The van der Waals surface area contributed by atoms with Crippen molar-refractivity contribution in [1.29, 1.82) is 0 Å². The summed E-state index contributed by atoms with van der Waals surface area (Å²) in [6, 6.07) is 0. The number of fused-ring (bicyclic) bond motifs is 1. The molecule has 0 bridgehead atoms. The molecule has 2 aliphatic rings. The molecule has 1 amide bonds. The Bertz CT molecular complexity index is 550. The molecular weight excluding hydrogens is 294 g/mol. The maximum absolute atomic E-state index is 11.9. The van der Waals surface area contributed by atoms with Gasteiger partial charge in [-0.05, 0) is 32.7 Å². The zero-order valence-electron chi connectivity index (χ0n) is 14.5. The van der Waals surface area contributed by atoms with E-state index >= 15 is 0 Å². The highest BCUT2D eigenvalue weighted by Crippen LogP contribution is 2.36. The Morgan fingerprint density at radius 3 is 2.83 bits per heavy atom. The summed E-state index contributed by atoms with van der Waals surface area (Å²) in [7, 11) is 3.61. The van der Waals surface area contributed by atoms with E-state index in [1.807, 2.05) is 13.8 Å². The lowest BCUT2D eigenvalue weighted by molar-refractivity contribution is -0.131. The number of aromatic nitrogens is 1. The van der Waals surface area contributed by atoms with Gasteiger partial charge in [0, 0.05) is 38.7 Å². The second kappa shape index (κ2) is 6.61. The molecule has 0 unspecified atom stereocenters. The molecule has 3 atom stereocenters. The largest absolute Gasteiger partial charge is 0.377 e. The van der Waals surface area contributed by atoms with Gasteiger partial charge >= 0.3 is 0 Å². The van der Waals surface area contributed by atoms with E-state index < -0.39 is 0 Å². The van der Waals surface area contributed by atoms with Crippen LogP contribution in [0.5, 0.6) is 0 Å². The third-order valence-corrected chi connectivity index (χ3v) is 5.32. The van der Waals surface area contributed by atoms with Crippen LogP contribution < -0.4 is 0 Å². The van der Waals surface area contributed by atoms with E-state index in [0.29, 0.717) is 18.3 Å². The monoisotopic (exact) mass is 321 g/mol. The SMILES string of the molecule is Cc1noc(C)c1CN1CC[C@@H]2[C@@H](CO[C@H]2CC(=O)N(C)C)C1. The minimum atomic E-state index is 0.0936. The molecule has 23 heavy (non-hydrogen) atoms. The van der Waals surface area contributed by atoms with E-state index in [0.717, 1.165) is 44.1 Å². The van der Waals surface area contributed by atoms with Crippen molar-refractivity contribution in [2.24, 2.45) is 11.8 Å². The highest BCUT2D eigenvalue weighted by Gasteiger charge is 2.41. The second-order valence-electron chi connectivity index (χ2n) is 7.11. The number of nitrogens with zero attached hydrogens (tertiary/aromatic N) is 3.